The van der Waals surface area contributed by atoms with Crippen LogP contribution in [0.5, 0.6) is 0 Å². The van der Waals surface area contributed by atoms with Crippen LogP contribution in [0.3, 0.4) is 0 Å². The molecule has 3 N–H and O–H groups in total. The first kappa shape index (κ1) is 43.3. The highest BCUT2D eigenvalue weighted by Gasteiger charge is 2.48. The lowest BCUT2D eigenvalue weighted by Crippen LogP contribution is -2.56. The van der Waals surface area contributed by atoms with Crippen LogP contribution >= 0.6 is 0 Å². The Hall–Kier alpha value is -6.32. The monoisotopic (exact) mass is 855 g/mol. The number of aromatic nitrogens is 1. The molecule has 0 atom stereocenters. The predicted octanol–water partition coefficient (Wildman–Crippen LogP) is 4.95. The molecule has 3 aromatic carbocycles. The Balaban J connectivity index is 0.757. The third-order valence-electron chi connectivity index (χ3n) is 13.1. The number of piperazine rings is 1. The summed E-state index contributed by atoms with van der Waals surface area (Å²) in [6.45, 7) is 8.12. The number of hydrogen-bond donors (Lipinski definition) is 3. The molecule has 3 fully saturated rings. The van der Waals surface area contributed by atoms with Gasteiger partial charge in [0, 0.05) is 114 Å². The Bertz CT molecular complexity index is 2380. The van der Waals surface area contributed by atoms with E-state index in [1.165, 1.54) is 16.2 Å². The highest BCUT2D eigenvalue weighted by Crippen LogP contribution is 2.49. The maximum Gasteiger partial charge on any atom is 0.328 e. The summed E-state index contributed by atoms with van der Waals surface area (Å²) >= 11 is 0. The minimum absolute atomic E-state index is 0.00559. The van der Waals surface area contributed by atoms with Gasteiger partial charge in [-0.1, -0.05) is 30.3 Å². The fraction of sp³-hybridized carbons (Fsp3) is 0.417. The second-order valence-corrected chi connectivity index (χ2v) is 17.4. The maximum atomic E-state index is 13.5. The number of nitrogens with one attached hydrogen (secondary N) is 3. The fourth-order valence-electron chi connectivity index (χ4n) is 9.31. The molecule has 1 aliphatic carbocycles. The van der Waals surface area contributed by atoms with Crippen molar-refractivity contribution in [1.82, 2.24) is 34.8 Å². The molecule has 4 aliphatic rings. The number of urea groups is 1. The summed E-state index contributed by atoms with van der Waals surface area (Å²) in [7, 11) is 3.52. The zero-order valence-electron chi connectivity index (χ0n) is 36.5. The van der Waals surface area contributed by atoms with E-state index in [0.717, 1.165) is 56.6 Å². The van der Waals surface area contributed by atoms with Crippen molar-refractivity contribution in [3.05, 3.63) is 118 Å². The Morgan fingerprint density at radius 1 is 0.794 bits per heavy atom. The number of carbonyl (C=O) groups is 6. The first-order chi connectivity index (χ1) is 30.4. The quantitative estimate of drug-likeness (QED) is 0.171. The van der Waals surface area contributed by atoms with Crippen molar-refractivity contribution >= 4 is 46.9 Å². The zero-order chi connectivity index (χ0) is 44.3. The van der Waals surface area contributed by atoms with Gasteiger partial charge < -0.3 is 25.0 Å². The van der Waals surface area contributed by atoms with E-state index in [0.29, 0.717) is 73.8 Å². The lowest BCUT2D eigenvalue weighted by molar-refractivity contribution is -0.120. The number of rotatable bonds is 13. The molecular weight excluding hydrogens is 799 g/mol. The lowest BCUT2D eigenvalue weighted by atomic mass is 9.71. The lowest BCUT2D eigenvalue weighted by Gasteiger charge is -2.53. The second kappa shape index (κ2) is 18.6. The smallest absolute Gasteiger partial charge is 0.328 e. The van der Waals surface area contributed by atoms with Crippen LogP contribution in [0.25, 0.3) is 0 Å². The Morgan fingerprint density at radius 3 is 2.19 bits per heavy atom. The van der Waals surface area contributed by atoms with Gasteiger partial charge in [0.1, 0.15) is 5.69 Å². The van der Waals surface area contributed by atoms with Gasteiger partial charge in [0.2, 0.25) is 11.8 Å². The van der Waals surface area contributed by atoms with E-state index in [1.54, 1.807) is 31.1 Å². The average molecular weight is 856 g/mol. The molecule has 0 bridgehead atoms. The molecule has 1 aromatic heterocycles. The van der Waals surface area contributed by atoms with Gasteiger partial charge in [-0.05, 0) is 104 Å². The summed E-state index contributed by atoms with van der Waals surface area (Å²) in [5, 5.41) is 8.43. The Kier molecular flexibility index (Phi) is 12.8. The molecule has 15 nitrogen and oxygen atoms in total. The van der Waals surface area contributed by atoms with Gasteiger partial charge in [-0.3, -0.25) is 44.0 Å². The number of carbonyl (C=O) groups excluding carboxylic acids is 6. The molecule has 15 heteroatoms. The van der Waals surface area contributed by atoms with E-state index < -0.39 is 6.03 Å². The van der Waals surface area contributed by atoms with E-state index in [-0.39, 0.29) is 48.0 Å². The maximum absolute atomic E-state index is 13.5. The molecule has 63 heavy (non-hydrogen) atoms. The van der Waals surface area contributed by atoms with E-state index in [2.05, 4.69) is 36.4 Å². The molecule has 8 rings (SSSR count). The van der Waals surface area contributed by atoms with Gasteiger partial charge in [-0.25, -0.2) is 4.79 Å². The number of nitrogens with zero attached hydrogens (tertiary/aromatic N) is 6. The first-order valence-corrected chi connectivity index (χ1v) is 22.0. The molecule has 330 valence electrons. The van der Waals surface area contributed by atoms with E-state index >= 15 is 0 Å². The van der Waals surface area contributed by atoms with Crippen LogP contribution in [0.15, 0.2) is 78.9 Å². The van der Waals surface area contributed by atoms with Gasteiger partial charge in [0.25, 0.3) is 17.7 Å². The number of aryl methyl sites for hydroxylation is 1. The predicted molar refractivity (Wildman–Crippen MR) is 239 cm³/mol. The normalized spacial score (nSPS) is 17.4. The van der Waals surface area contributed by atoms with E-state index in [9.17, 15) is 28.8 Å². The fourth-order valence-corrected chi connectivity index (χ4v) is 9.31. The SMILES string of the molecule is Cc1ccc(C(=O)N2CCN(CCCC(=O)Nc3ccc(CNC(=O)c4ccc5n4CCN(Cc4ccc(C(=O)N(C)C)cc4)C54CCC4)cc3)CC2)cc1N1CCC(=O)NC1=O. The van der Waals surface area contributed by atoms with Crippen molar-refractivity contribution in [3.8, 4) is 0 Å². The Labute approximate surface area is 368 Å². The van der Waals surface area contributed by atoms with Crippen LogP contribution in [0.1, 0.15) is 92.1 Å². The van der Waals surface area contributed by atoms with Crippen LogP contribution in [-0.4, -0.2) is 120 Å². The number of fused-ring (bicyclic) bond motifs is 2. The third kappa shape index (κ3) is 9.40. The summed E-state index contributed by atoms with van der Waals surface area (Å²) in [5.41, 5.74) is 7.23. The zero-order valence-corrected chi connectivity index (χ0v) is 36.5. The van der Waals surface area contributed by atoms with Gasteiger partial charge in [-0.15, -0.1) is 0 Å². The molecule has 1 saturated carbocycles. The van der Waals surface area contributed by atoms with Gasteiger partial charge >= 0.3 is 6.03 Å². The summed E-state index contributed by atoms with van der Waals surface area (Å²) < 4.78 is 2.19. The van der Waals surface area contributed by atoms with Crippen LogP contribution in [0.2, 0.25) is 0 Å². The number of benzene rings is 3. The van der Waals surface area contributed by atoms with Crippen molar-refractivity contribution in [3.63, 3.8) is 0 Å². The van der Waals surface area contributed by atoms with Crippen LogP contribution in [-0.2, 0) is 34.8 Å². The standard InChI is InChI=1S/C48H57N9O6/c1-33-7-12-37(30-40(33)57-23-19-43(59)51-47(57)63)46(62)54-26-24-53(25-27-54)22-4-6-42(58)50-38-15-10-34(11-16-38)31-49-44(60)39-17-18-41-48(20-5-21-48)55(28-29-56(39)41)32-35-8-13-36(14-9-35)45(61)52(2)3/h7-18,30H,4-6,19-29,31-32H2,1-3H3,(H,49,60)(H,50,58)(H,51,59,63). The summed E-state index contributed by atoms with van der Waals surface area (Å²) in [6, 6.07) is 24.4. The van der Waals surface area contributed by atoms with Gasteiger partial charge in [-0.2, -0.15) is 0 Å². The largest absolute Gasteiger partial charge is 0.347 e. The Morgan fingerprint density at radius 2 is 1.51 bits per heavy atom. The highest BCUT2D eigenvalue weighted by atomic mass is 16.2. The molecule has 7 amide bonds. The molecular formula is C48H57N9O6. The van der Waals surface area contributed by atoms with Crippen molar-refractivity contribution in [2.24, 2.45) is 0 Å². The highest BCUT2D eigenvalue weighted by molar-refractivity contribution is 6.06. The molecule has 2 saturated heterocycles. The number of anilines is 2. The van der Waals surface area contributed by atoms with Gasteiger partial charge in [0.05, 0.1) is 5.54 Å². The second-order valence-electron chi connectivity index (χ2n) is 17.4. The van der Waals surface area contributed by atoms with Crippen LogP contribution in [0.4, 0.5) is 16.2 Å². The topological polar surface area (TPSA) is 160 Å². The first-order valence-electron chi connectivity index (χ1n) is 22.0. The number of amides is 7. The molecule has 3 aliphatic heterocycles. The van der Waals surface area contributed by atoms with Crippen molar-refractivity contribution in [2.45, 2.75) is 70.6 Å². The molecule has 0 radical (unpaired) electrons. The number of imide groups is 1. The summed E-state index contributed by atoms with van der Waals surface area (Å²) in [6.07, 6.45) is 4.51. The molecule has 1 spiro atoms. The minimum Gasteiger partial charge on any atom is -0.347 e. The van der Waals surface area contributed by atoms with E-state index in [4.69, 9.17) is 0 Å². The van der Waals surface area contributed by atoms with E-state index in [1.807, 2.05) is 72.5 Å². The van der Waals surface area contributed by atoms with Gasteiger partial charge in [0.15, 0.2) is 0 Å². The molecule has 0 unspecified atom stereocenters. The van der Waals surface area contributed by atoms with Crippen molar-refractivity contribution in [2.75, 3.05) is 70.1 Å². The molecule has 4 aromatic rings. The number of hydrogen-bond acceptors (Lipinski definition) is 8. The van der Waals surface area contributed by atoms with Crippen molar-refractivity contribution in [1.29, 1.82) is 0 Å². The average Bonchev–Trinajstić information content (AvgIpc) is 3.70. The third-order valence-corrected chi connectivity index (χ3v) is 13.1. The summed E-state index contributed by atoms with van der Waals surface area (Å²) in [4.78, 5) is 85.9. The van der Waals surface area contributed by atoms with Crippen LogP contribution in [0, 0.1) is 6.92 Å². The summed E-state index contributed by atoms with van der Waals surface area (Å²) in [5.74, 6) is -0.580. The van der Waals surface area contributed by atoms with Crippen molar-refractivity contribution < 1.29 is 28.8 Å². The van der Waals surface area contributed by atoms with Crippen LogP contribution < -0.4 is 20.9 Å². The molecule has 4 heterocycles. The minimum atomic E-state index is -0.476.